The first-order chi connectivity index (χ1) is 5.70. The van der Waals surface area contributed by atoms with Gasteiger partial charge in [0.05, 0.1) is 0 Å². The van der Waals surface area contributed by atoms with Gasteiger partial charge < -0.3 is 10.6 Å². The van der Waals surface area contributed by atoms with E-state index in [9.17, 15) is 0 Å². The summed E-state index contributed by atoms with van der Waals surface area (Å²) in [5.74, 6) is 0. The highest BCUT2D eigenvalue weighted by atomic mass is 15.1. The van der Waals surface area contributed by atoms with Gasteiger partial charge in [-0.1, -0.05) is 13.8 Å². The Balaban J connectivity index is 0. The van der Waals surface area contributed by atoms with Crippen molar-refractivity contribution in [3.8, 4) is 0 Å². The third-order valence-corrected chi connectivity index (χ3v) is 1.41. The van der Waals surface area contributed by atoms with E-state index in [1.807, 2.05) is 57.1 Å². The number of anilines is 2. The molecule has 0 radical (unpaired) electrons. The molecule has 0 atom stereocenters. The van der Waals surface area contributed by atoms with Crippen LogP contribution < -0.4 is 10.6 Å². The van der Waals surface area contributed by atoms with Crippen molar-refractivity contribution in [3.05, 3.63) is 24.3 Å². The van der Waals surface area contributed by atoms with Gasteiger partial charge in [0, 0.05) is 26.9 Å². The van der Waals surface area contributed by atoms with E-state index < -0.39 is 0 Å². The average molecular weight is 168 g/mol. The third-order valence-electron chi connectivity index (χ3n) is 1.41. The lowest BCUT2D eigenvalue weighted by molar-refractivity contribution is 1.13. The Kier molecular flexibility index (Phi) is 4.93. The SMILES string of the molecule is CC.CN(C)c1ccc(N)cc1.[HH]. The van der Waals surface area contributed by atoms with Gasteiger partial charge in [0.25, 0.3) is 0 Å². The molecular formula is C10H20N2. The fourth-order valence-corrected chi connectivity index (χ4v) is 0.772. The van der Waals surface area contributed by atoms with E-state index in [0.29, 0.717) is 0 Å². The molecule has 0 heterocycles. The molecule has 70 valence electrons. The molecule has 0 aliphatic heterocycles. The van der Waals surface area contributed by atoms with Gasteiger partial charge in [-0.25, -0.2) is 0 Å². The quantitative estimate of drug-likeness (QED) is 0.653. The summed E-state index contributed by atoms with van der Waals surface area (Å²) in [7, 11) is 4.01. The zero-order valence-electron chi connectivity index (χ0n) is 8.33. The summed E-state index contributed by atoms with van der Waals surface area (Å²) in [5.41, 5.74) is 7.49. The van der Waals surface area contributed by atoms with Gasteiger partial charge >= 0.3 is 0 Å². The van der Waals surface area contributed by atoms with Crippen LogP contribution in [0, 0.1) is 0 Å². The monoisotopic (exact) mass is 168 g/mol. The highest BCUT2D eigenvalue weighted by molar-refractivity contribution is 5.51. The zero-order chi connectivity index (χ0) is 9.56. The molecular weight excluding hydrogens is 148 g/mol. The summed E-state index contributed by atoms with van der Waals surface area (Å²) < 4.78 is 0. The lowest BCUT2D eigenvalue weighted by atomic mass is 10.3. The second-order valence-corrected chi connectivity index (χ2v) is 2.49. The summed E-state index contributed by atoms with van der Waals surface area (Å²) in [6.07, 6.45) is 0. The number of nitrogens with zero attached hydrogens (tertiary/aromatic N) is 1. The summed E-state index contributed by atoms with van der Waals surface area (Å²) in [6.45, 7) is 4.00. The molecule has 0 saturated carbocycles. The van der Waals surface area contributed by atoms with E-state index in [0.717, 1.165) is 5.69 Å². The molecule has 2 heteroatoms. The molecule has 0 saturated heterocycles. The van der Waals surface area contributed by atoms with Gasteiger partial charge in [-0.3, -0.25) is 0 Å². The van der Waals surface area contributed by atoms with E-state index in [-0.39, 0.29) is 1.43 Å². The van der Waals surface area contributed by atoms with Crippen LogP contribution in [0.25, 0.3) is 0 Å². The van der Waals surface area contributed by atoms with Crippen LogP contribution in [0.4, 0.5) is 11.4 Å². The maximum atomic E-state index is 5.51. The van der Waals surface area contributed by atoms with Crippen LogP contribution in [0.1, 0.15) is 15.3 Å². The molecule has 0 aliphatic rings. The van der Waals surface area contributed by atoms with E-state index in [1.54, 1.807) is 0 Å². The fourth-order valence-electron chi connectivity index (χ4n) is 0.772. The normalized spacial score (nSPS) is 8.33. The van der Waals surface area contributed by atoms with Crippen LogP contribution in [0.3, 0.4) is 0 Å². The average Bonchev–Trinajstić information content (AvgIpc) is 2.09. The van der Waals surface area contributed by atoms with Crippen LogP contribution in [-0.2, 0) is 0 Å². The van der Waals surface area contributed by atoms with Gasteiger partial charge in [0.15, 0.2) is 0 Å². The van der Waals surface area contributed by atoms with E-state index in [2.05, 4.69) is 0 Å². The Bertz CT molecular complexity index is 207. The zero-order valence-corrected chi connectivity index (χ0v) is 8.33. The molecule has 0 aliphatic carbocycles. The maximum Gasteiger partial charge on any atom is 0.0362 e. The number of nitrogen functional groups attached to an aromatic ring is 1. The van der Waals surface area contributed by atoms with Crippen molar-refractivity contribution in [1.82, 2.24) is 0 Å². The standard InChI is InChI=1S/C8H12N2.C2H6.H2/c1-10(2)8-5-3-7(9)4-6-8;1-2;/h3-6H,9H2,1-2H3;1-2H3;1H. The molecule has 1 aromatic carbocycles. The van der Waals surface area contributed by atoms with Crippen molar-refractivity contribution < 1.29 is 1.43 Å². The molecule has 0 aromatic heterocycles. The van der Waals surface area contributed by atoms with Crippen molar-refractivity contribution in [2.75, 3.05) is 24.7 Å². The Morgan fingerprint density at radius 2 is 1.50 bits per heavy atom. The number of hydrogen-bond donors (Lipinski definition) is 1. The van der Waals surface area contributed by atoms with Crippen molar-refractivity contribution in [2.24, 2.45) is 0 Å². The molecule has 12 heavy (non-hydrogen) atoms. The van der Waals surface area contributed by atoms with E-state index in [4.69, 9.17) is 5.73 Å². The molecule has 2 N–H and O–H groups in total. The molecule has 0 fully saturated rings. The molecule has 1 aromatic rings. The summed E-state index contributed by atoms with van der Waals surface area (Å²) in [4.78, 5) is 2.04. The van der Waals surface area contributed by atoms with Gasteiger partial charge in [-0.05, 0) is 24.3 Å². The van der Waals surface area contributed by atoms with Crippen LogP contribution in [0.2, 0.25) is 0 Å². The first-order valence-electron chi connectivity index (χ1n) is 4.23. The fraction of sp³-hybridized carbons (Fsp3) is 0.400. The molecule has 1 rings (SSSR count). The minimum atomic E-state index is 0. The first-order valence-corrected chi connectivity index (χ1v) is 4.23. The van der Waals surface area contributed by atoms with E-state index in [1.165, 1.54) is 5.69 Å². The van der Waals surface area contributed by atoms with Gasteiger partial charge in [-0.2, -0.15) is 0 Å². The third kappa shape index (κ3) is 3.28. The van der Waals surface area contributed by atoms with Crippen LogP contribution in [0.15, 0.2) is 24.3 Å². The summed E-state index contributed by atoms with van der Waals surface area (Å²) >= 11 is 0. The molecule has 0 spiro atoms. The van der Waals surface area contributed by atoms with Gasteiger partial charge in [-0.15, -0.1) is 0 Å². The van der Waals surface area contributed by atoms with E-state index >= 15 is 0 Å². The van der Waals surface area contributed by atoms with Crippen molar-refractivity contribution in [1.29, 1.82) is 0 Å². The topological polar surface area (TPSA) is 29.3 Å². The van der Waals surface area contributed by atoms with Crippen molar-refractivity contribution in [2.45, 2.75) is 13.8 Å². The van der Waals surface area contributed by atoms with Gasteiger partial charge in [0.2, 0.25) is 0 Å². The Labute approximate surface area is 76.5 Å². The molecule has 0 amide bonds. The summed E-state index contributed by atoms with van der Waals surface area (Å²) in [6, 6.07) is 7.79. The predicted molar refractivity (Wildman–Crippen MR) is 58.6 cm³/mol. The lowest BCUT2D eigenvalue weighted by Gasteiger charge is -2.11. The van der Waals surface area contributed by atoms with Gasteiger partial charge in [0.1, 0.15) is 0 Å². The molecule has 0 unspecified atom stereocenters. The second kappa shape index (κ2) is 5.47. The molecule has 2 nitrogen and oxygen atoms in total. The minimum Gasteiger partial charge on any atom is -0.399 e. The van der Waals surface area contributed by atoms with Crippen LogP contribution in [0.5, 0.6) is 0 Å². The molecule has 0 bridgehead atoms. The largest absolute Gasteiger partial charge is 0.399 e. The highest BCUT2D eigenvalue weighted by Crippen LogP contribution is 2.12. The number of benzene rings is 1. The maximum absolute atomic E-state index is 5.51. The number of nitrogens with two attached hydrogens (primary N) is 1. The predicted octanol–water partition coefficient (Wildman–Crippen LogP) is 2.61. The van der Waals surface area contributed by atoms with Crippen LogP contribution in [-0.4, -0.2) is 14.1 Å². The first kappa shape index (κ1) is 10.8. The smallest absolute Gasteiger partial charge is 0.0362 e. The van der Waals surface area contributed by atoms with Crippen LogP contribution >= 0.6 is 0 Å². The van der Waals surface area contributed by atoms with Crippen molar-refractivity contribution >= 4 is 11.4 Å². The highest BCUT2D eigenvalue weighted by Gasteiger charge is 1.91. The minimum absolute atomic E-state index is 0. The summed E-state index contributed by atoms with van der Waals surface area (Å²) in [5, 5.41) is 0. The number of rotatable bonds is 1. The number of hydrogen-bond acceptors (Lipinski definition) is 2. The second-order valence-electron chi connectivity index (χ2n) is 2.49. The van der Waals surface area contributed by atoms with Crippen molar-refractivity contribution in [3.63, 3.8) is 0 Å². The Hall–Kier alpha value is -1.18. The Morgan fingerprint density at radius 1 is 1.08 bits per heavy atom. The Morgan fingerprint density at radius 3 is 1.83 bits per heavy atom. The lowest BCUT2D eigenvalue weighted by Crippen LogP contribution is -2.08.